The molecule has 0 spiro atoms. The number of anilines is 1. The fourth-order valence-electron chi connectivity index (χ4n) is 3.75. The predicted molar refractivity (Wildman–Crippen MR) is 85.2 cm³/mol. The smallest absolute Gasteiger partial charge is 0.416 e. The van der Waals surface area contributed by atoms with Crippen LogP contribution in [0.4, 0.5) is 23.7 Å². The van der Waals surface area contributed by atoms with Crippen molar-refractivity contribution < 1.29 is 22.7 Å². The molecule has 1 aliphatic carbocycles. The number of nitrogens with zero attached hydrogens (tertiary/aromatic N) is 1. The van der Waals surface area contributed by atoms with E-state index in [4.69, 9.17) is 4.74 Å². The van der Waals surface area contributed by atoms with Crippen molar-refractivity contribution in [3.8, 4) is 0 Å². The number of ether oxygens (including phenoxy) is 1. The Hall–Kier alpha value is -1.72. The number of hydrogen-bond acceptors (Lipinski definition) is 2. The van der Waals surface area contributed by atoms with Crippen molar-refractivity contribution in [1.82, 2.24) is 0 Å². The highest BCUT2D eigenvalue weighted by Gasteiger charge is 2.45. The number of halogens is 3. The molecule has 1 aromatic carbocycles. The lowest BCUT2D eigenvalue weighted by molar-refractivity contribution is -0.137. The summed E-state index contributed by atoms with van der Waals surface area (Å²) in [6.07, 6.45) is -1.30. The largest absolute Gasteiger partial charge is 0.443 e. The monoisotopic (exact) mass is 341 g/mol. The molecule has 1 heterocycles. The first-order valence-corrected chi connectivity index (χ1v) is 8.31. The van der Waals surface area contributed by atoms with Gasteiger partial charge in [-0.2, -0.15) is 13.2 Å². The van der Waals surface area contributed by atoms with Gasteiger partial charge in [0.15, 0.2) is 0 Å². The van der Waals surface area contributed by atoms with Gasteiger partial charge < -0.3 is 4.74 Å². The molecule has 1 saturated carbocycles. The Bertz CT molecular complexity index is 649. The molecule has 0 unspecified atom stereocenters. The maximum absolute atomic E-state index is 13.1. The first-order chi connectivity index (χ1) is 11.1. The number of carbonyl (C=O) groups is 1. The topological polar surface area (TPSA) is 29.5 Å². The molecule has 6 heteroatoms. The second-order valence-electron chi connectivity index (χ2n) is 7.58. The van der Waals surface area contributed by atoms with E-state index in [1.54, 1.807) is 20.8 Å². The molecule has 0 saturated heterocycles. The first-order valence-electron chi connectivity index (χ1n) is 8.31. The maximum atomic E-state index is 13.1. The van der Waals surface area contributed by atoms with Crippen LogP contribution in [-0.2, 0) is 10.9 Å². The van der Waals surface area contributed by atoms with Crippen molar-refractivity contribution in [3.63, 3.8) is 0 Å². The van der Waals surface area contributed by atoms with Crippen LogP contribution in [0.25, 0.3) is 0 Å². The number of amides is 1. The van der Waals surface area contributed by atoms with E-state index in [1.165, 1.54) is 11.0 Å². The van der Waals surface area contributed by atoms with Gasteiger partial charge in [0, 0.05) is 12.0 Å². The molecule has 132 valence electrons. The highest BCUT2D eigenvalue weighted by molar-refractivity contribution is 5.92. The third kappa shape index (κ3) is 3.10. The SMILES string of the molecule is CC(C)(C)OC(=O)N1c2cc(C(F)(F)F)ccc2[C@@H]2CCCC[C@@H]21. The lowest BCUT2D eigenvalue weighted by atomic mass is 9.82. The van der Waals surface area contributed by atoms with Gasteiger partial charge in [0.1, 0.15) is 5.60 Å². The second kappa shape index (κ2) is 5.67. The van der Waals surface area contributed by atoms with Gasteiger partial charge in [-0.15, -0.1) is 0 Å². The van der Waals surface area contributed by atoms with Crippen molar-refractivity contribution >= 4 is 11.8 Å². The number of fused-ring (bicyclic) bond motifs is 3. The van der Waals surface area contributed by atoms with Gasteiger partial charge in [-0.1, -0.05) is 18.9 Å². The summed E-state index contributed by atoms with van der Waals surface area (Å²) in [5.41, 5.74) is -0.228. The maximum Gasteiger partial charge on any atom is 0.416 e. The molecular formula is C18H22F3NO2. The number of hydrogen-bond donors (Lipinski definition) is 0. The van der Waals surface area contributed by atoms with Crippen molar-refractivity contribution in [3.05, 3.63) is 29.3 Å². The molecule has 2 aliphatic rings. The molecule has 1 aromatic rings. The molecule has 1 fully saturated rings. The molecule has 0 bridgehead atoms. The van der Waals surface area contributed by atoms with E-state index in [1.807, 2.05) is 0 Å². The highest BCUT2D eigenvalue weighted by atomic mass is 19.4. The van der Waals surface area contributed by atoms with Gasteiger partial charge in [-0.25, -0.2) is 4.79 Å². The summed E-state index contributed by atoms with van der Waals surface area (Å²) in [6, 6.07) is 3.64. The molecule has 2 atom stereocenters. The lowest BCUT2D eigenvalue weighted by Crippen LogP contribution is -2.43. The summed E-state index contributed by atoms with van der Waals surface area (Å²) in [7, 11) is 0. The van der Waals surface area contributed by atoms with E-state index >= 15 is 0 Å². The van der Waals surface area contributed by atoms with Crippen LogP contribution < -0.4 is 4.90 Å². The van der Waals surface area contributed by atoms with Gasteiger partial charge in [0.25, 0.3) is 0 Å². The van der Waals surface area contributed by atoms with Crippen LogP contribution in [0.2, 0.25) is 0 Å². The van der Waals surface area contributed by atoms with Gasteiger partial charge in [-0.3, -0.25) is 4.90 Å². The number of rotatable bonds is 0. The Morgan fingerprint density at radius 2 is 1.83 bits per heavy atom. The van der Waals surface area contributed by atoms with Gasteiger partial charge >= 0.3 is 12.3 Å². The average Bonchev–Trinajstić information content (AvgIpc) is 2.78. The summed E-state index contributed by atoms with van der Waals surface area (Å²) in [5.74, 6) is 0.101. The normalized spacial score (nSPS) is 23.7. The van der Waals surface area contributed by atoms with E-state index < -0.39 is 23.4 Å². The van der Waals surface area contributed by atoms with E-state index in [0.717, 1.165) is 43.4 Å². The Morgan fingerprint density at radius 3 is 2.46 bits per heavy atom. The fraction of sp³-hybridized carbons (Fsp3) is 0.611. The third-order valence-corrected chi connectivity index (χ3v) is 4.67. The van der Waals surface area contributed by atoms with Crippen molar-refractivity contribution in [2.75, 3.05) is 4.90 Å². The zero-order valence-electron chi connectivity index (χ0n) is 14.1. The van der Waals surface area contributed by atoms with Crippen LogP contribution in [0, 0.1) is 0 Å². The zero-order chi connectivity index (χ0) is 17.7. The van der Waals surface area contributed by atoms with Crippen LogP contribution in [0.5, 0.6) is 0 Å². The fourth-order valence-corrected chi connectivity index (χ4v) is 3.75. The highest BCUT2D eigenvalue weighted by Crippen LogP contribution is 2.49. The molecule has 0 N–H and O–H groups in total. The van der Waals surface area contributed by atoms with Gasteiger partial charge in [0.05, 0.1) is 11.3 Å². The number of carbonyl (C=O) groups excluding carboxylic acids is 1. The summed E-state index contributed by atoms with van der Waals surface area (Å²) in [4.78, 5) is 14.1. The van der Waals surface area contributed by atoms with Crippen molar-refractivity contribution in [2.45, 2.75) is 70.2 Å². The van der Waals surface area contributed by atoms with Crippen LogP contribution in [-0.4, -0.2) is 17.7 Å². The minimum Gasteiger partial charge on any atom is -0.443 e. The molecule has 0 aromatic heterocycles. The summed E-state index contributed by atoms with van der Waals surface area (Å²) >= 11 is 0. The molecule has 1 amide bonds. The first kappa shape index (κ1) is 17.1. The molecule has 0 radical (unpaired) electrons. The Balaban J connectivity index is 2.03. The standard InChI is InChI=1S/C18H22F3NO2/c1-17(2,3)24-16(23)22-14-7-5-4-6-12(14)13-9-8-11(10-15(13)22)18(19,20)21/h8-10,12,14H,4-7H2,1-3H3/t12-,14-/m0/s1. The molecule has 3 nitrogen and oxygen atoms in total. The van der Waals surface area contributed by atoms with E-state index in [2.05, 4.69) is 0 Å². The minimum absolute atomic E-state index is 0.101. The molecule has 24 heavy (non-hydrogen) atoms. The summed E-state index contributed by atoms with van der Waals surface area (Å²) in [5, 5.41) is 0. The predicted octanol–water partition coefficient (Wildman–Crippen LogP) is 5.49. The van der Waals surface area contributed by atoms with Crippen LogP contribution >= 0.6 is 0 Å². The van der Waals surface area contributed by atoms with Crippen LogP contribution in [0.15, 0.2) is 18.2 Å². The number of alkyl halides is 3. The zero-order valence-corrected chi connectivity index (χ0v) is 14.1. The molecule has 1 aliphatic heterocycles. The van der Waals surface area contributed by atoms with E-state index in [-0.39, 0.29) is 12.0 Å². The van der Waals surface area contributed by atoms with Gasteiger partial charge in [0.2, 0.25) is 0 Å². The average molecular weight is 341 g/mol. The Kier molecular flexibility index (Phi) is 4.04. The lowest BCUT2D eigenvalue weighted by Gasteiger charge is -2.33. The van der Waals surface area contributed by atoms with Crippen molar-refractivity contribution in [1.29, 1.82) is 0 Å². The van der Waals surface area contributed by atoms with Gasteiger partial charge in [-0.05, 0) is 51.3 Å². The third-order valence-electron chi connectivity index (χ3n) is 4.67. The van der Waals surface area contributed by atoms with E-state index in [0.29, 0.717) is 5.69 Å². The second-order valence-corrected chi connectivity index (χ2v) is 7.58. The summed E-state index contributed by atoms with van der Waals surface area (Å²) < 4.78 is 44.7. The van der Waals surface area contributed by atoms with Crippen molar-refractivity contribution in [2.24, 2.45) is 0 Å². The molecular weight excluding hydrogens is 319 g/mol. The Labute approximate surface area is 139 Å². The molecule has 3 rings (SSSR count). The number of benzene rings is 1. The van der Waals surface area contributed by atoms with E-state index in [9.17, 15) is 18.0 Å². The van der Waals surface area contributed by atoms with Crippen LogP contribution in [0.3, 0.4) is 0 Å². The summed E-state index contributed by atoms with van der Waals surface area (Å²) in [6.45, 7) is 5.27. The van der Waals surface area contributed by atoms with Crippen LogP contribution in [0.1, 0.15) is 63.5 Å². The minimum atomic E-state index is -4.43. The quantitative estimate of drug-likeness (QED) is 0.625. The Morgan fingerprint density at radius 1 is 1.17 bits per heavy atom.